The molecule has 3 N–H and O–H groups in total. The summed E-state index contributed by atoms with van der Waals surface area (Å²) in [6.07, 6.45) is 6.92. The second kappa shape index (κ2) is 13.5. The quantitative estimate of drug-likeness (QED) is 0.274. The third-order valence-corrected chi connectivity index (χ3v) is 4.21. The molecule has 1 unspecified atom stereocenters. The maximum Gasteiger partial charge on any atom is 0.191 e. The van der Waals surface area contributed by atoms with Gasteiger partial charge in [0.1, 0.15) is 0 Å². The lowest BCUT2D eigenvalue weighted by Crippen LogP contribution is -2.40. The Morgan fingerprint density at radius 3 is 2.63 bits per heavy atom. The van der Waals surface area contributed by atoms with E-state index >= 15 is 0 Å². The van der Waals surface area contributed by atoms with Crippen molar-refractivity contribution >= 4 is 29.9 Å². The number of hydrogen-bond acceptors (Lipinski definition) is 3. The predicted molar refractivity (Wildman–Crippen MR) is 122 cm³/mol. The number of nitrogens with one attached hydrogen (secondary N) is 2. The van der Waals surface area contributed by atoms with Gasteiger partial charge >= 0.3 is 0 Å². The van der Waals surface area contributed by atoms with Crippen molar-refractivity contribution in [1.29, 1.82) is 0 Å². The third kappa shape index (κ3) is 8.30. The number of aliphatic hydroxyl groups excluding tert-OH is 1. The van der Waals surface area contributed by atoms with E-state index in [0.29, 0.717) is 12.5 Å². The summed E-state index contributed by atoms with van der Waals surface area (Å²) in [6.45, 7) is 6.67. The standard InChI is InChI=1S/C20H31N5O.HI/c1-3-8-17(11-12-26)13-22-20(21-4-2)23-14-18-15-24-25(16-18)19-9-6-5-7-10-19;/h5-7,9-10,15-17,26H,3-4,8,11-14H2,1-2H3,(H2,21,22,23);1H. The first-order valence-corrected chi connectivity index (χ1v) is 9.48. The Morgan fingerprint density at radius 1 is 1.19 bits per heavy atom. The van der Waals surface area contributed by atoms with Gasteiger partial charge in [-0.2, -0.15) is 5.10 Å². The SMILES string of the molecule is CCCC(CCO)CNC(=NCc1cnn(-c2ccccc2)c1)NCC.I. The van der Waals surface area contributed by atoms with Crippen molar-refractivity contribution in [2.75, 3.05) is 19.7 Å². The van der Waals surface area contributed by atoms with Crippen LogP contribution >= 0.6 is 24.0 Å². The minimum Gasteiger partial charge on any atom is -0.396 e. The average Bonchev–Trinajstić information content (AvgIpc) is 3.14. The molecule has 1 atom stereocenters. The Morgan fingerprint density at radius 2 is 1.96 bits per heavy atom. The number of aromatic nitrogens is 2. The molecule has 0 bridgehead atoms. The van der Waals surface area contributed by atoms with E-state index in [1.807, 2.05) is 47.4 Å². The first kappa shape index (κ1) is 23.4. The molecule has 0 spiro atoms. The van der Waals surface area contributed by atoms with E-state index in [-0.39, 0.29) is 30.6 Å². The minimum absolute atomic E-state index is 0. The molecular formula is C20H32IN5O. The second-order valence-electron chi connectivity index (χ2n) is 6.37. The van der Waals surface area contributed by atoms with E-state index < -0.39 is 0 Å². The van der Waals surface area contributed by atoms with Crippen LogP contribution in [0, 0.1) is 5.92 Å². The molecule has 0 fully saturated rings. The van der Waals surface area contributed by atoms with Crippen LogP contribution < -0.4 is 10.6 Å². The van der Waals surface area contributed by atoms with E-state index in [2.05, 4.69) is 34.6 Å². The van der Waals surface area contributed by atoms with E-state index in [1.165, 1.54) is 0 Å². The lowest BCUT2D eigenvalue weighted by atomic mass is 10.0. The van der Waals surface area contributed by atoms with Crippen LogP contribution in [0.4, 0.5) is 0 Å². The van der Waals surface area contributed by atoms with Crippen LogP contribution in [0.1, 0.15) is 38.7 Å². The van der Waals surface area contributed by atoms with Crippen molar-refractivity contribution in [2.24, 2.45) is 10.9 Å². The molecule has 150 valence electrons. The molecule has 2 rings (SSSR count). The second-order valence-corrected chi connectivity index (χ2v) is 6.37. The van der Waals surface area contributed by atoms with Gasteiger partial charge in [0.15, 0.2) is 5.96 Å². The normalized spacial score (nSPS) is 12.3. The number of guanidine groups is 1. The summed E-state index contributed by atoms with van der Waals surface area (Å²) in [6, 6.07) is 10.1. The minimum atomic E-state index is 0. The number of para-hydroxylation sites is 1. The summed E-state index contributed by atoms with van der Waals surface area (Å²) in [5.41, 5.74) is 2.10. The highest BCUT2D eigenvalue weighted by Crippen LogP contribution is 2.10. The molecule has 1 heterocycles. The van der Waals surface area contributed by atoms with E-state index in [1.54, 1.807) is 0 Å². The van der Waals surface area contributed by atoms with Crippen molar-refractivity contribution in [1.82, 2.24) is 20.4 Å². The highest BCUT2D eigenvalue weighted by Gasteiger charge is 2.08. The summed E-state index contributed by atoms with van der Waals surface area (Å²) in [5.74, 6) is 1.27. The molecule has 7 heteroatoms. The molecule has 0 amide bonds. The van der Waals surface area contributed by atoms with Crippen LogP contribution in [0.2, 0.25) is 0 Å². The number of aliphatic hydroxyl groups is 1. The van der Waals surface area contributed by atoms with Crippen LogP contribution in [0.3, 0.4) is 0 Å². The molecule has 27 heavy (non-hydrogen) atoms. The molecule has 1 aromatic heterocycles. The number of halogens is 1. The predicted octanol–water partition coefficient (Wildman–Crippen LogP) is 3.34. The number of nitrogens with zero attached hydrogens (tertiary/aromatic N) is 3. The maximum absolute atomic E-state index is 9.20. The average molecular weight is 485 g/mol. The number of benzene rings is 1. The van der Waals surface area contributed by atoms with Gasteiger partial charge in [-0.25, -0.2) is 9.67 Å². The van der Waals surface area contributed by atoms with Crippen LogP contribution in [0.15, 0.2) is 47.7 Å². The van der Waals surface area contributed by atoms with Crippen molar-refractivity contribution in [2.45, 2.75) is 39.7 Å². The molecule has 0 saturated heterocycles. The molecular weight excluding hydrogens is 453 g/mol. The Balaban J connectivity index is 0.00000364. The van der Waals surface area contributed by atoms with Gasteiger partial charge in [-0.3, -0.25) is 0 Å². The highest BCUT2D eigenvalue weighted by atomic mass is 127. The van der Waals surface area contributed by atoms with Crippen molar-refractivity contribution in [3.8, 4) is 5.69 Å². The van der Waals surface area contributed by atoms with Crippen molar-refractivity contribution in [3.63, 3.8) is 0 Å². The molecule has 0 radical (unpaired) electrons. The largest absolute Gasteiger partial charge is 0.396 e. The van der Waals surface area contributed by atoms with Gasteiger partial charge in [0.2, 0.25) is 0 Å². The van der Waals surface area contributed by atoms with Gasteiger partial charge in [0, 0.05) is 31.5 Å². The van der Waals surface area contributed by atoms with E-state index in [9.17, 15) is 5.11 Å². The smallest absolute Gasteiger partial charge is 0.191 e. The lowest BCUT2D eigenvalue weighted by molar-refractivity contribution is 0.251. The summed E-state index contributed by atoms with van der Waals surface area (Å²) in [7, 11) is 0. The topological polar surface area (TPSA) is 74.5 Å². The van der Waals surface area contributed by atoms with Gasteiger partial charge in [-0.15, -0.1) is 24.0 Å². The zero-order valence-electron chi connectivity index (χ0n) is 16.3. The first-order valence-electron chi connectivity index (χ1n) is 9.48. The fourth-order valence-corrected chi connectivity index (χ4v) is 2.86. The monoisotopic (exact) mass is 485 g/mol. The zero-order chi connectivity index (χ0) is 18.6. The fourth-order valence-electron chi connectivity index (χ4n) is 2.86. The molecule has 0 aliphatic rings. The number of aliphatic imine (C=N–C) groups is 1. The van der Waals surface area contributed by atoms with Gasteiger partial charge in [0.25, 0.3) is 0 Å². The summed E-state index contributed by atoms with van der Waals surface area (Å²) in [4.78, 5) is 4.66. The molecule has 0 aliphatic carbocycles. The van der Waals surface area contributed by atoms with E-state index in [0.717, 1.165) is 49.6 Å². The Kier molecular flexibility index (Phi) is 11.8. The Bertz CT molecular complexity index is 653. The molecule has 0 aliphatic heterocycles. The summed E-state index contributed by atoms with van der Waals surface area (Å²) >= 11 is 0. The molecule has 2 aromatic rings. The molecule has 6 nitrogen and oxygen atoms in total. The molecule has 1 aromatic carbocycles. The van der Waals surface area contributed by atoms with Crippen LogP contribution in [-0.4, -0.2) is 40.5 Å². The third-order valence-electron chi connectivity index (χ3n) is 4.21. The van der Waals surface area contributed by atoms with Crippen molar-refractivity contribution in [3.05, 3.63) is 48.3 Å². The fraction of sp³-hybridized carbons (Fsp3) is 0.500. The van der Waals surface area contributed by atoms with Gasteiger partial charge in [0.05, 0.1) is 18.4 Å². The Labute approximate surface area is 179 Å². The number of hydrogen-bond donors (Lipinski definition) is 3. The van der Waals surface area contributed by atoms with Crippen LogP contribution in [-0.2, 0) is 6.54 Å². The van der Waals surface area contributed by atoms with Crippen molar-refractivity contribution < 1.29 is 5.11 Å². The van der Waals surface area contributed by atoms with Gasteiger partial charge in [-0.05, 0) is 37.8 Å². The van der Waals surface area contributed by atoms with E-state index in [4.69, 9.17) is 0 Å². The summed E-state index contributed by atoms with van der Waals surface area (Å²) < 4.78 is 1.86. The Hall–Kier alpha value is -1.61. The number of rotatable bonds is 10. The van der Waals surface area contributed by atoms with Gasteiger partial charge < -0.3 is 15.7 Å². The van der Waals surface area contributed by atoms with Gasteiger partial charge in [-0.1, -0.05) is 31.5 Å². The first-order chi connectivity index (χ1) is 12.8. The maximum atomic E-state index is 9.20. The summed E-state index contributed by atoms with van der Waals surface area (Å²) in [5, 5.41) is 20.3. The zero-order valence-corrected chi connectivity index (χ0v) is 18.6. The van der Waals surface area contributed by atoms with Crippen LogP contribution in [0.5, 0.6) is 0 Å². The lowest BCUT2D eigenvalue weighted by Gasteiger charge is -2.18. The highest BCUT2D eigenvalue weighted by molar-refractivity contribution is 14.0. The molecule has 0 saturated carbocycles. The van der Waals surface area contributed by atoms with Crippen LogP contribution in [0.25, 0.3) is 5.69 Å².